The third-order valence-electron chi connectivity index (χ3n) is 3.48. The lowest BCUT2D eigenvalue weighted by Crippen LogP contribution is -2.40. The molecule has 112 valence electrons. The van der Waals surface area contributed by atoms with E-state index >= 15 is 0 Å². The first kappa shape index (κ1) is 14.2. The Kier molecular flexibility index (Phi) is 3.98. The summed E-state index contributed by atoms with van der Waals surface area (Å²) in [6.07, 6.45) is 0.861. The van der Waals surface area contributed by atoms with E-state index in [1.165, 1.54) is 0 Å². The van der Waals surface area contributed by atoms with Crippen LogP contribution in [0.25, 0.3) is 0 Å². The van der Waals surface area contributed by atoms with Gasteiger partial charge in [-0.2, -0.15) is 4.98 Å². The summed E-state index contributed by atoms with van der Waals surface area (Å²) in [4.78, 5) is 10.3. The Labute approximate surface area is 127 Å². The average Bonchev–Trinajstić information content (AvgIpc) is 2.95. The molecule has 0 saturated carbocycles. The Morgan fingerprint density at radius 3 is 3.00 bits per heavy atom. The van der Waals surface area contributed by atoms with Crippen molar-refractivity contribution < 1.29 is 9.15 Å². The van der Waals surface area contributed by atoms with Crippen LogP contribution in [0.4, 0.5) is 11.8 Å². The summed E-state index contributed by atoms with van der Waals surface area (Å²) in [6.45, 7) is 3.92. The summed E-state index contributed by atoms with van der Waals surface area (Å²) in [5.74, 6) is 2.67. The van der Waals surface area contributed by atoms with Gasteiger partial charge in [0.05, 0.1) is 13.2 Å². The largest absolute Gasteiger partial charge is 0.464 e. The Hall–Kier alpha value is -1.79. The van der Waals surface area contributed by atoms with Gasteiger partial charge in [0, 0.05) is 19.0 Å². The summed E-state index contributed by atoms with van der Waals surface area (Å²) < 4.78 is 11.4. The van der Waals surface area contributed by atoms with Crippen LogP contribution in [-0.2, 0) is 11.2 Å². The van der Waals surface area contributed by atoms with Crippen molar-refractivity contribution in [3.05, 3.63) is 34.9 Å². The summed E-state index contributed by atoms with van der Waals surface area (Å²) in [7, 11) is 0. The van der Waals surface area contributed by atoms with E-state index in [4.69, 9.17) is 26.5 Å². The van der Waals surface area contributed by atoms with Crippen molar-refractivity contribution in [2.75, 3.05) is 30.4 Å². The van der Waals surface area contributed by atoms with Gasteiger partial charge < -0.3 is 19.8 Å². The second-order valence-corrected chi connectivity index (χ2v) is 5.24. The lowest BCUT2D eigenvalue weighted by Gasteiger charge is -2.35. The Morgan fingerprint density at radius 1 is 1.43 bits per heavy atom. The van der Waals surface area contributed by atoms with Crippen LogP contribution in [0, 0.1) is 0 Å². The van der Waals surface area contributed by atoms with Crippen LogP contribution >= 0.6 is 11.6 Å². The molecule has 0 aromatic carbocycles. The lowest BCUT2D eigenvalue weighted by molar-refractivity contribution is 0.0869. The van der Waals surface area contributed by atoms with Gasteiger partial charge in [-0.25, -0.2) is 4.98 Å². The molecule has 0 bridgehead atoms. The second kappa shape index (κ2) is 5.91. The number of anilines is 2. The van der Waals surface area contributed by atoms with E-state index in [0.29, 0.717) is 30.7 Å². The fraction of sp³-hybridized carbons (Fsp3) is 0.429. The minimum Gasteiger partial charge on any atom is -0.464 e. The second-order valence-electron chi connectivity index (χ2n) is 4.85. The van der Waals surface area contributed by atoms with E-state index in [1.807, 2.05) is 12.1 Å². The predicted octanol–water partition coefficient (Wildman–Crippen LogP) is 2.45. The molecule has 0 spiro atoms. The molecule has 1 saturated heterocycles. The van der Waals surface area contributed by atoms with Crippen molar-refractivity contribution in [3.8, 4) is 0 Å². The van der Waals surface area contributed by atoms with Gasteiger partial charge in [-0.05, 0) is 12.1 Å². The maximum Gasteiger partial charge on any atom is 0.223 e. The van der Waals surface area contributed by atoms with E-state index < -0.39 is 0 Å². The fourth-order valence-electron chi connectivity index (χ4n) is 2.45. The van der Waals surface area contributed by atoms with Gasteiger partial charge in [-0.3, -0.25) is 0 Å². The molecule has 1 unspecified atom stereocenters. The highest BCUT2D eigenvalue weighted by Crippen LogP contribution is 2.31. The highest BCUT2D eigenvalue weighted by atomic mass is 35.5. The van der Waals surface area contributed by atoms with Crippen molar-refractivity contribution in [2.45, 2.75) is 19.4 Å². The molecule has 7 heteroatoms. The first-order chi connectivity index (χ1) is 10.2. The number of nitrogens with zero attached hydrogens (tertiary/aromatic N) is 3. The van der Waals surface area contributed by atoms with E-state index in [1.54, 1.807) is 6.07 Å². The maximum atomic E-state index is 5.98. The number of nitrogens with two attached hydrogens (primary N) is 1. The summed E-state index contributed by atoms with van der Waals surface area (Å²) in [6, 6.07) is 5.64. The maximum absolute atomic E-state index is 5.98. The number of aryl methyl sites for hydroxylation is 1. The number of furan rings is 1. The fourth-order valence-corrected chi connectivity index (χ4v) is 2.63. The molecule has 1 fully saturated rings. The first-order valence-electron chi connectivity index (χ1n) is 6.90. The number of hydrogen-bond acceptors (Lipinski definition) is 6. The highest BCUT2D eigenvalue weighted by Gasteiger charge is 2.28. The third-order valence-corrected chi connectivity index (χ3v) is 3.67. The Balaban J connectivity index is 1.93. The van der Waals surface area contributed by atoms with Crippen molar-refractivity contribution in [1.82, 2.24) is 9.97 Å². The zero-order chi connectivity index (χ0) is 14.8. The monoisotopic (exact) mass is 308 g/mol. The van der Waals surface area contributed by atoms with Gasteiger partial charge in [0.25, 0.3) is 0 Å². The van der Waals surface area contributed by atoms with Gasteiger partial charge in [0.15, 0.2) is 0 Å². The molecule has 3 heterocycles. The molecule has 0 radical (unpaired) electrons. The zero-order valence-electron chi connectivity index (χ0n) is 11.8. The van der Waals surface area contributed by atoms with Gasteiger partial charge in [0.1, 0.15) is 28.5 Å². The van der Waals surface area contributed by atoms with Crippen LogP contribution in [0.1, 0.15) is 24.5 Å². The molecule has 0 aliphatic carbocycles. The quantitative estimate of drug-likeness (QED) is 0.878. The van der Waals surface area contributed by atoms with Gasteiger partial charge in [0.2, 0.25) is 5.95 Å². The molecule has 6 nitrogen and oxygen atoms in total. The van der Waals surface area contributed by atoms with Crippen molar-refractivity contribution in [3.63, 3.8) is 0 Å². The van der Waals surface area contributed by atoms with Crippen LogP contribution in [-0.4, -0.2) is 29.7 Å². The van der Waals surface area contributed by atoms with E-state index in [9.17, 15) is 0 Å². The van der Waals surface area contributed by atoms with Gasteiger partial charge >= 0.3 is 0 Å². The molecule has 1 aliphatic heterocycles. The summed E-state index contributed by atoms with van der Waals surface area (Å²) >= 11 is 5.98. The number of ether oxygens (including phenoxy) is 1. The van der Waals surface area contributed by atoms with Crippen molar-refractivity contribution in [1.29, 1.82) is 0 Å². The highest BCUT2D eigenvalue weighted by molar-refractivity contribution is 6.29. The number of aromatic nitrogens is 2. The molecule has 2 N–H and O–H groups in total. The molecule has 1 aliphatic rings. The molecule has 2 aromatic rings. The molecular weight excluding hydrogens is 292 g/mol. The first-order valence-corrected chi connectivity index (χ1v) is 7.28. The van der Waals surface area contributed by atoms with E-state index in [0.717, 1.165) is 17.9 Å². The molecule has 0 amide bonds. The summed E-state index contributed by atoms with van der Waals surface area (Å²) in [5, 5.41) is 0.330. The van der Waals surface area contributed by atoms with E-state index in [-0.39, 0.29) is 12.0 Å². The van der Waals surface area contributed by atoms with Crippen LogP contribution in [0.2, 0.25) is 5.15 Å². The van der Waals surface area contributed by atoms with E-state index in [2.05, 4.69) is 21.8 Å². The molecule has 21 heavy (non-hydrogen) atoms. The Morgan fingerprint density at radius 2 is 2.29 bits per heavy atom. The topological polar surface area (TPSA) is 77.4 Å². The molecule has 2 aromatic heterocycles. The van der Waals surface area contributed by atoms with Gasteiger partial charge in [-0.15, -0.1) is 0 Å². The SMILES string of the molecule is CCc1ccc(C2COCCN2c2cc(Cl)nc(N)n2)o1. The van der Waals surface area contributed by atoms with Crippen LogP contribution in [0.5, 0.6) is 0 Å². The molecule has 3 rings (SSSR count). The zero-order valence-corrected chi connectivity index (χ0v) is 12.5. The standard InChI is InChI=1S/C14H17ClN4O2/c1-2-9-3-4-11(21-9)10-8-20-6-5-19(10)13-7-12(15)17-14(16)18-13/h3-4,7,10H,2,5-6,8H2,1H3,(H2,16,17,18). The normalized spacial score (nSPS) is 19.0. The Bertz CT molecular complexity index is 611. The van der Waals surface area contributed by atoms with Crippen molar-refractivity contribution >= 4 is 23.4 Å². The minimum absolute atomic E-state index is 0.0376. The van der Waals surface area contributed by atoms with Crippen LogP contribution in [0.15, 0.2) is 22.6 Å². The number of morpholine rings is 1. The average molecular weight is 309 g/mol. The minimum atomic E-state index is -0.0376. The molecule has 1 atom stereocenters. The van der Waals surface area contributed by atoms with Gasteiger partial charge in [-0.1, -0.05) is 18.5 Å². The smallest absolute Gasteiger partial charge is 0.223 e. The van der Waals surface area contributed by atoms with Crippen molar-refractivity contribution in [2.24, 2.45) is 0 Å². The third kappa shape index (κ3) is 2.96. The van der Waals surface area contributed by atoms with Crippen LogP contribution in [0.3, 0.4) is 0 Å². The molecular formula is C14H17ClN4O2. The predicted molar refractivity (Wildman–Crippen MR) is 80.4 cm³/mol. The summed E-state index contributed by atoms with van der Waals surface area (Å²) in [5.41, 5.74) is 5.69. The number of rotatable bonds is 3. The number of hydrogen-bond donors (Lipinski definition) is 1. The lowest BCUT2D eigenvalue weighted by atomic mass is 10.1. The van der Waals surface area contributed by atoms with Crippen LogP contribution < -0.4 is 10.6 Å². The number of nitrogen functional groups attached to an aromatic ring is 1. The number of halogens is 1.